The maximum atomic E-state index is 13.1. The zero-order valence-electron chi connectivity index (χ0n) is 16.4. The van der Waals surface area contributed by atoms with Crippen LogP contribution in [-0.4, -0.2) is 25.9 Å². The molecule has 0 fully saturated rings. The van der Waals surface area contributed by atoms with Gasteiger partial charge < -0.3 is 9.47 Å². The van der Waals surface area contributed by atoms with Gasteiger partial charge >= 0.3 is 17.8 Å². The molecule has 0 N–H and O–H groups in total. The highest BCUT2D eigenvalue weighted by atomic mass is 127. The third-order valence-electron chi connectivity index (χ3n) is 4.79. The Hall–Kier alpha value is -1.39. The molecule has 0 aromatic heterocycles. The Bertz CT molecular complexity index is 705. The molecule has 2 rings (SSSR count). The first-order chi connectivity index (χ1) is 13.8. The molecule has 162 valence electrons. The van der Waals surface area contributed by atoms with E-state index >= 15 is 0 Å². The number of alkyl halides is 3. The summed E-state index contributed by atoms with van der Waals surface area (Å²) in [4.78, 5) is 11.0. The van der Waals surface area contributed by atoms with Crippen molar-refractivity contribution in [2.45, 2.75) is 69.6 Å². The van der Waals surface area contributed by atoms with Gasteiger partial charge in [-0.15, -0.1) is 10.2 Å². The molecule has 0 aliphatic carbocycles. The van der Waals surface area contributed by atoms with Crippen LogP contribution in [0.4, 0.5) is 13.2 Å². The molecule has 0 saturated carbocycles. The summed E-state index contributed by atoms with van der Waals surface area (Å²) < 4.78 is 50.5. The zero-order chi connectivity index (χ0) is 21.3. The van der Waals surface area contributed by atoms with E-state index < -0.39 is 11.8 Å². The number of methoxy groups -OCH3 is 1. The van der Waals surface area contributed by atoms with E-state index in [0.717, 1.165) is 54.9 Å². The standard InChI is InChI=1S/C20H26F3IN2O3/c1-28-18(27)10-8-6-4-2-3-5-7-9-13-29-17-14-15(11-12-16(17)24)19(25-26-19)20(21,22)23/h11-12,14H,2-10,13H2,1H3. The maximum absolute atomic E-state index is 13.1. The number of benzene rings is 1. The van der Waals surface area contributed by atoms with Crippen molar-refractivity contribution < 1.29 is 27.4 Å². The Kier molecular flexibility index (Phi) is 9.16. The van der Waals surface area contributed by atoms with Gasteiger partial charge in [-0.2, -0.15) is 13.2 Å². The summed E-state index contributed by atoms with van der Waals surface area (Å²) in [6.07, 6.45) is 4.17. The number of rotatable bonds is 13. The van der Waals surface area contributed by atoms with E-state index in [2.05, 4.69) is 15.0 Å². The van der Waals surface area contributed by atoms with Gasteiger partial charge in [-0.25, -0.2) is 0 Å². The van der Waals surface area contributed by atoms with Crippen molar-refractivity contribution in [3.8, 4) is 5.75 Å². The van der Waals surface area contributed by atoms with Gasteiger partial charge in [0.25, 0.3) is 0 Å². The number of hydrogen-bond acceptors (Lipinski definition) is 5. The number of nitrogens with zero attached hydrogens (tertiary/aromatic N) is 2. The van der Waals surface area contributed by atoms with Gasteiger partial charge in [0.15, 0.2) is 0 Å². The fourth-order valence-corrected chi connectivity index (χ4v) is 3.48. The van der Waals surface area contributed by atoms with Gasteiger partial charge in [0.05, 0.1) is 17.3 Å². The van der Waals surface area contributed by atoms with Gasteiger partial charge in [0.1, 0.15) is 5.75 Å². The molecule has 0 amide bonds. The highest BCUT2D eigenvalue weighted by Crippen LogP contribution is 2.53. The van der Waals surface area contributed by atoms with Crippen molar-refractivity contribution >= 4 is 28.6 Å². The van der Waals surface area contributed by atoms with Crippen LogP contribution >= 0.6 is 22.6 Å². The highest BCUT2D eigenvalue weighted by Gasteiger charge is 2.65. The first-order valence-corrected chi connectivity index (χ1v) is 10.9. The Balaban J connectivity index is 1.60. The Morgan fingerprint density at radius 3 is 2.17 bits per heavy atom. The molecule has 0 unspecified atom stereocenters. The summed E-state index contributed by atoms with van der Waals surface area (Å²) in [5.41, 5.74) is -2.42. The molecular formula is C20H26F3IN2O3. The van der Waals surface area contributed by atoms with E-state index in [1.165, 1.54) is 19.2 Å². The minimum atomic E-state index is -4.53. The van der Waals surface area contributed by atoms with Crippen molar-refractivity contribution in [1.29, 1.82) is 0 Å². The van der Waals surface area contributed by atoms with Gasteiger partial charge in [-0.05, 0) is 47.6 Å². The number of ether oxygens (including phenoxy) is 2. The summed E-state index contributed by atoms with van der Waals surface area (Å²) >= 11 is 2.05. The second-order valence-electron chi connectivity index (χ2n) is 7.02. The molecular weight excluding hydrogens is 500 g/mol. The van der Waals surface area contributed by atoms with Crippen LogP contribution in [0.2, 0.25) is 0 Å². The van der Waals surface area contributed by atoms with Crippen LogP contribution in [0.15, 0.2) is 28.4 Å². The number of unbranched alkanes of at least 4 members (excludes halogenated alkanes) is 7. The fraction of sp³-hybridized carbons (Fsp3) is 0.650. The normalized spacial score (nSPS) is 14.7. The molecule has 1 aromatic carbocycles. The summed E-state index contributed by atoms with van der Waals surface area (Å²) in [5, 5.41) is 6.47. The predicted octanol–water partition coefficient (Wildman–Crippen LogP) is 6.53. The molecule has 1 heterocycles. The molecule has 0 radical (unpaired) electrons. The summed E-state index contributed by atoms with van der Waals surface area (Å²) in [6.45, 7) is 0.464. The Morgan fingerprint density at radius 1 is 1.03 bits per heavy atom. The van der Waals surface area contributed by atoms with Crippen molar-refractivity contribution in [3.05, 3.63) is 27.3 Å². The molecule has 9 heteroatoms. The van der Waals surface area contributed by atoms with Crippen LogP contribution in [0.5, 0.6) is 5.75 Å². The lowest BCUT2D eigenvalue weighted by molar-refractivity contribution is -0.166. The lowest BCUT2D eigenvalue weighted by Gasteiger charge is -2.16. The molecule has 1 aromatic rings. The summed E-state index contributed by atoms with van der Waals surface area (Å²) in [6, 6.07) is 4.39. The third kappa shape index (κ3) is 7.11. The molecule has 29 heavy (non-hydrogen) atoms. The number of carbonyl (C=O) groups is 1. The van der Waals surface area contributed by atoms with Gasteiger partial charge in [0.2, 0.25) is 0 Å². The number of carbonyl (C=O) groups excluding carboxylic acids is 1. The van der Waals surface area contributed by atoms with Crippen LogP contribution in [-0.2, 0) is 15.2 Å². The molecule has 5 nitrogen and oxygen atoms in total. The van der Waals surface area contributed by atoms with Gasteiger partial charge in [-0.1, -0.05) is 44.6 Å². The Labute approximate surface area is 182 Å². The van der Waals surface area contributed by atoms with E-state index in [9.17, 15) is 18.0 Å². The summed E-state index contributed by atoms with van der Waals surface area (Å²) in [7, 11) is 1.40. The van der Waals surface area contributed by atoms with Crippen LogP contribution < -0.4 is 4.74 Å². The van der Waals surface area contributed by atoms with E-state index in [1.54, 1.807) is 6.07 Å². The molecule has 1 aliphatic heterocycles. The third-order valence-corrected chi connectivity index (χ3v) is 5.68. The minimum Gasteiger partial charge on any atom is -0.492 e. The lowest BCUT2D eigenvalue weighted by atomic mass is 10.0. The topological polar surface area (TPSA) is 60.2 Å². The SMILES string of the molecule is COC(=O)CCCCCCCCCCOc1cc(C2(C(F)(F)F)N=N2)ccc1I. The van der Waals surface area contributed by atoms with Crippen LogP contribution in [0, 0.1) is 3.57 Å². The first-order valence-electron chi connectivity index (χ1n) is 9.80. The average molecular weight is 526 g/mol. The fourth-order valence-electron chi connectivity index (χ4n) is 2.99. The predicted molar refractivity (Wildman–Crippen MR) is 111 cm³/mol. The number of esters is 1. The molecule has 0 bridgehead atoms. The molecule has 1 aliphatic rings. The average Bonchev–Trinajstić information content (AvgIpc) is 3.49. The molecule has 0 atom stereocenters. The second-order valence-corrected chi connectivity index (χ2v) is 8.18. The van der Waals surface area contributed by atoms with Crippen LogP contribution in [0.1, 0.15) is 63.4 Å². The van der Waals surface area contributed by atoms with Crippen molar-refractivity contribution in [2.24, 2.45) is 10.2 Å². The lowest BCUT2D eigenvalue weighted by Crippen LogP contribution is -2.30. The smallest absolute Gasteiger partial charge is 0.442 e. The van der Waals surface area contributed by atoms with E-state index in [1.807, 2.05) is 22.6 Å². The Morgan fingerprint density at radius 2 is 1.62 bits per heavy atom. The minimum absolute atomic E-state index is 0.00684. The second kappa shape index (κ2) is 11.1. The summed E-state index contributed by atoms with van der Waals surface area (Å²) in [5.74, 6) is 0.286. The van der Waals surface area contributed by atoms with Gasteiger partial charge in [0, 0.05) is 12.0 Å². The van der Waals surface area contributed by atoms with Crippen LogP contribution in [0.3, 0.4) is 0 Å². The monoisotopic (exact) mass is 526 g/mol. The molecule has 0 saturated heterocycles. The van der Waals surface area contributed by atoms with E-state index in [0.29, 0.717) is 18.8 Å². The van der Waals surface area contributed by atoms with E-state index in [-0.39, 0.29) is 11.5 Å². The van der Waals surface area contributed by atoms with Crippen molar-refractivity contribution in [3.63, 3.8) is 0 Å². The maximum Gasteiger partial charge on any atom is 0.442 e. The largest absolute Gasteiger partial charge is 0.492 e. The quantitative estimate of drug-likeness (QED) is 0.167. The van der Waals surface area contributed by atoms with E-state index in [4.69, 9.17) is 4.74 Å². The van der Waals surface area contributed by atoms with Gasteiger partial charge in [-0.3, -0.25) is 4.79 Å². The highest BCUT2D eigenvalue weighted by molar-refractivity contribution is 14.1. The zero-order valence-corrected chi connectivity index (χ0v) is 18.6. The number of halogens is 4. The number of hydrogen-bond donors (Lipinski definition) is 0. The van der Waals surface area contributed by atoms with Crippen LogP contribution in [0.25, 0.3) is 0 Å². The van der Waals surface area contributed by atoms with Crippen molar-refractivity contribution in [1.82, 2.24) is 0 Å². The first kappa shape index (κ1) is 23.9. The molecule has 0 spiro atoms. The van der Waals surface area contributed by atoms with Crippen molar-refractivity contribution in [2.75, 3.05) is 13.7 Å².